The molecule has 0 spiro atoms. The highest BCUT2D eigenvalue weighted by molar-refractivity contribution is 6.30. The Labute approximate surface area is 174 Å². The minimum atomic E-state index is -0.700. The Morgan fingerprint density at radius 2 is 2.04 bits per heavy atom. The van der Waals surface area contributed by atoms with Crippen LogP contribution >= 0.6 is 11.6 Å². The molecule has 28 heavy (non-hydrogen) atoms. The van der Waals surface area contributed by atoms with E-state index in [1.165, 1.54) is 18.4 Å². The fourth-order valence-electron chi connectivity index (χ4n) is 5.41. The molecule has 0 radical (unpaired) electrons. The molecule has 1 aromatic carbocycles. The smallest absolute Gasteiger partial charge is 0.303 e. The second kappa shape index (κ2) is 9.31. The largest absolute Gasteiger partial charge is 0.481 e. The van der Waals surface area contributed by atoms with E-state index >= 15 is 0 Å². The van der Waals surface area contributed by atoms with Gasteiger partial charge in [-0.15, -0.1) is 0 Å². The van der Waals surface area contributed by atoms with Gasteiger partial charge in [0, 0.05) is 11.4 Å². The molecule has 2 bridgehead atoms. The Morgan fingerprint density at radius 3 is 2.75 bits per heavy atom. The molecule has 0 aromatic heterocycles. The second-order valence-corrected chi connectivity index (χ2v) is 9.64. The third kappa shape index (κ3) is 5.08. The highest BCUT2D eigenvalue weighted by Gasteiger charge is 2.56. The molecule has 0 saturated heterocycles. The Morgan fingerprint density at radius 1 is 1.21 bits per heavy atom. The van der Waals surface area contributed by atoms with Crippen LogP contribution in [0.4, 0.5) is 0 Å². The number of carboxylic acid groups (broad SMARTS) is 1. The van der Waals surface area contributed by atoms with E-state index in [0.29, 0.717) is 5.41 Å². The number of hydrogen-bond acceptors (Lipinski definition) is 1. The van der Waals surface area contributed by atoms with E-state index in [-0.39, 0.29) is 6.42 Å². The molecule has 2 nitrogen and oxygen atoms in total. The van der Waals surface area contributed by atoms with Crippen molar-refractivity contribution in [3.8, 4) is 0 Å². The highest BCUT2D eigenvalue weighted by atomic mass is 35.5. The van der Waals surface area contributed by atoms with Crippen LogP contribution < -0.4 is 0 Å². The van der Waals surface area contributed by atoms with Gasteiger partial charge < -0.3 is 5.11 Å². The van der Waals surface area contributed by atoms with Crippen molar-refractivity contribution in [2.75, 3.05) is 0 Å². The lowest BCUT2D eigenvalue weighted by atomic mass is 9.42. The summed E-state index contributed by atoms with van der Waals surface area (Å²) in [4.78, 5) is 10.6. The number of carboxylic acids is 1. The second-order valence-electron chi connectivity index (χ2n) is 9.21. The quantitative estimate of drug-likeness (QED) is 0.350. The maximum atomic E-state index is 10.6. The molecule has 1 aromatic rings. The first kappa shape index (κ1) is 21.2. The summed E-state index contributed by atoms with van der Waals surface area (Å²) in [6.45, 7) is 4.90. The number of benzene rings is 1. The van der Waals surface area contributed by atoms with Gasteiger partial charge in [0.2, 0.25) is 0 Å². The van der Waals surface area contributed by atoms with Crippen molar-refractivity contribution < 1.29 is 9.90 Å². The highest BCUT2D eigenvalue weighted by Crippen LogP contribution is 2.64. The first-order valence-corrected chi connectivity index (χ1v) is 11.0. The van der Waals surface area contributed by atoms with Gasteiger partial charge in [-0.25, -0.2) is 0 Å². The first-order chi connectivity index (χ1) is 13.4. The summed E-state index contributed by atoms with van der Waals surface area (Å²) in [6, 6.07) is 8.02. The van der Waals surface area contributed by atoms with Gasteiger partial charge >= 0.3 is 5.97 Å². The molecular weight excluding hydrogens is 368 g/mol. The van der Waals surface area contributed by atoms with Crippen LogP contribution in [0.2, 0.25) is 5.02 Å². The number of rotatable bonds is 9. The summed E-state index contributed by atoms with van der Waals surface area (Å²) < 4.78 is 0. The van der Waals surface area contributed by atoms with E-state index in [1.807, 2.05) is 18.2 Å². The van der Waals surface area contributed by atoms with E-state index in [2.05, 4.69) is 44.2 Å². The predicted molar refractivity (Wildman–Crippen MR) is 117 cm³/mol. The SMILES string of the molecule is CC1(C)[C@H]2C[C@H](C/C=C/c3cccc(Cl)c3)[C@@H](C/C=C\CCCC(=O)O)[C@@H]1C2. The standard InChI is InChI=1S/C25H33ClO2/c1-25(2)20-16-19(11-7-9-18-10-8-12-21(26)15-18)22(23(25)17-20)13-5-3-4-6-14-24(27)28/h3,5,7-10,12,15,19-20,22-23H,4,6,11,13-14,16-17H2,1-2H3,(H,27,28)/b5-3-,9-7+/t19-,20-,22+,23-/m0/s1. The molecule has 0 amide bonds. The van der Waals surface area contributed by atoms with Crippen molar-refractivity contribution in [2.45, 2.75) is 58.8 Å². The van der Waals surface area contributed by atoms with Gasteiger partial charge in [0.1, 0.15) is 0 Å². The van der Waals surface area contributed by atoms with Gasteiger partial charge in [0.05, 0.1) is 0 Å². The first-order valence-electron chi connectivity index (χ1n) is 10.7. The lowest BCUT2D eigenvalue weighted by Gasteiger charge is -2.63. The fourth-order valence-corrected chi connectivity index (χ4v) is 5.61. The minimum absolute atomic E-state index is 0.266. The zero-order valence-electron chi connectivity index (χ0n) is 17.1. The topological polar surface area (TPSA) is 37.3 Å². The van der Waals surface area contributed by atoms with Crippen LogP contribution in [-0.4, -0.2) is 11.1 Å². The number of carbonyl (C=O) groups is 1. The summed E-state index contributed by atoms with van der Waals surface area (Å²) >= 11 is 6.09. The van der Waals surface area contributed by atoms with Crippen molar-refractivity contribution >= 4 is 23.6 Å². The van der Waals surface area contributed by atoms with Crippen LogP contribution in [0.1, 0.15) is 64.4 Å². The van der Waals surface area contributed by atoms with Gasteiger partial charge in [-0.1, -0.05) is 61.9 Å². The predicted octanol–water partition coefficient (Wildman–Crippen LogP) is 7.24. The van der Waals surface area contributed by atoms with Crippen LogP contribution in [0.25, 0.3) is 6.08 Å². The third-order valence-electron chi connectivity index (χ3n) is 7.19. The molecule has 0 unspecified atom stereocenters. The molecule has 0 heterocycles. The van der Waals surface area contributed by atoms with Gasteiger partial charge in [0.15, 0.2) is 0 Å². The number of allylic oxidation sites excluding steroid dienone is 3. The maximum Gasteiger partial charge on any atom is 0.303 e. The Kier molecular flexibility index (Phi) is 7.04. The summed E-state index contributed by atoms with van der Waals surface area (Å²) in [5.74, 6) is 2.47. The summed E-state index contributed by atoms with van der Waals surface area (Å²) in [5, 5.41) is 9.53. The zero-order valence-corrected chi connectivity index (χ0v) is 17.9. The average Bonchev–Trinajstić information content (AvgIpc) is 2.64. The molecule has 1 N–H and O–H groups in total. The monoisotopic (exact) mass is 400 g/mol. The number of aliphatic carboxylic acids is 1. The number of hydrogen-bond donors (Lipinski definition) is 1. The minimum Gasteiger partial charge on any atom is -0.481 e. The van der Waals surface area contributed by atoms with Crippen molar-refractivity contribution in [1.29, 1.82) is 0 Å². The van der Waals surface area contributed by atoms with Gasteiger partial charge in [-0.3, -0.25) is 4.79 Å². The van der Waals surface area contributed by atoms with E-state index in [1.54, 1.807) is 0 Å². The Hall–Kier alpha value is -1.54. The molecule has 4 atom stereocenters. The van der Waals surface area contributed by atoms with E-state index in [0.717, 1.165) is 54.4 Å². The van der Waals surface area contributed by atoms with E-state index in [4.69, 9.17) is 16.7 Å². The fraction of sp³-hybridized carbons (Fsp3) is 0.560. The van der Waals surface area contributed by atoms with Gasteiger partial charge in [-0.05, 0) is 85.3 Å². The van der Waals surface area contributed by atoms with E-state index < -0.39 is 5.97 Å². The maximum absolute atomic E-state index is 10.6. The van der Waals surface area contributed by atoms with Crippen molar-refractivity contribution in [3.05, 3.63) is 53.1 Å². The van der Waals surface area contributed by atoms with Crippen LogP contribution in [0, 0.1) is 29.1 Å². The Bertz CT molecular complexity index is 734. The van der Waals surface area contributed by atoms with Gasteiger partial charge in [0.25, 0.3) is 0 Å². The molecule has 3 fully saturated rings. The summed E-state index contributed by atoms with van der Waals surface area (Å²) in [6.07, 6.45) is 15.9. The summed E-state index contributed by atoms with van der Waals surface area (Å²) in [5.41, 5.74) is 1.65. The van der Waals surface area contributed by atoms with Crippen LogP contribution in [0.15, 0.2) is 42.5 Å². The zero-order chi connectivity index (χ0) is 20.1. The lowest BCUT2D eigenvalue weighted by Crippen LogP contribution is -2.55. The van der Waals surface area contributed by atoms with Crippen molar-refractivity contribution in [2.24, 2.45) is 29.1 Å². The molecule has 0 aliphatic heterocycles. The molecule has 3 aliphatic rings. The van der Waals surface area contributed by atoms with Gasteiger partial charge in [-0.2, -0.15) is 0 Å². The molecule has 3 heteroatoms. The summed E-state index contributed by atoms with van der Waals surface area (Å²) in [7, 11) is 0. The lowest BCUT2D eigenvalue weighted by molar-refractivity contribution is -0.137. The number of fused-ring (bicyclic) bond motifs is 2. The third-order valence-corrected chi connectivity index (χ3v) is 7.43. The normalized spacial score (nSPS) is 28.5. The molecule has 4 rings (SSSR count). The molecular formula is C25H33ClO2. The number of unbranched alkanes of at least 4 members (excludes halogenated alkanes) is 1. The van der Waals surface area contributed by atoms with Crippen LogP contribution in [-0.2, 0) is 4.79 Å². The van der Waals surface area contributed by atoms with Crippen LogP contribution in [0.3, 0.4) is 0 Å². The molecule has 152 valence electrons. The van der Waals surface area contributed by atoms with Crippen molar-refractivity contribution in [1.82, 2.24) is 0 Å². The Balaban J connectivity index is 1.57. The van der Waals surface area contributed by atoms with Crippen molar-refractivity contribution in [3.63, 3.8) is 0 Å². The molecule has 3 aliphatic carbocycles. The number of halogens is 1. The van der Waals surface area contributed by atoms with Crippen LogP contribution in [0.5, 0.6) is 0 Å². The van der Waals surface area contributed by atoms with E-state index in [9.17, 15) is 4.79 Å². The molecule has 3 saturated carbocycles. The average molecular weight is 401 g/mol.